The van der Waals surface area contributed by atoms with E-state index in [4.69, 9.17) is 5.73 Å². The van der Waals surface area contributed by atoms with E-state index in [1.807, 2.05) is 13.8 Å². The second kappa shape index (κ2) is 4.94. The van der Waals surface area contributed by atoms with Crippen LogP contribution >= 0.6 is 0 Å². The third-order valence-corrected chi connectivity index (χ3v) is 3.36. The Morgan fingerprint density at radius 3 is 2.67 bits per heavy atom. The monoisotopic (exact) mass is 214 g/mol. The van der Waals surface area contributed by atoms with Crippen molar-refractivity contribution in [3.05, 3.63) is 0 Å². The summed E-state index contributed by atoms with van der Waals surface area (Å²) in [5, 5.41) is 9.24. The topological polar surface area (TPSA) is 66.6 Å². The Hall–Kier alpha value is -0.610. The summed E-state index contributed by atoms with van der Waals surface area (Å²) in [6.45, 7) is 6.71. The number of aliphatic hydroxyl groups excluding tert-OH is 1. The molecule has 1 aliphatic rings. The zero-order valence-electron chi connectivity index (χ0n) is 9.81. The largest absolute Gasteiger partial charge is 0.394 e. The summed E-state index contributed by atoms with van der Waals surface area (Å²) in [7, 11) is 0. The molecule has 0 aromatic rings. The summed E-state index contributed by atoms with van der Waals surface area (Å²) in [5.41, 5.74) is 5.83. The van der Waals surface area contributed by atoms with E-state index in [2.05, 4.69) is 6.92 Å². The minimum atomic E-state index is -0.440. The normalized spacial score (nSPS) is 28.5. The van der Waals surface area contributed by atoms with Gasteiger partial charge in [-0.2, -0.15) is 0 Å². The quantitative estimate of drug-likeness (QED) is 0.705. The van der Waals surface area contributed by atoms with Crippen molar-refractivity contribution in [1.29, 1.82) is 0 Å². The van der Waals surface area contributed by atoms with E-state index in [-0.39, 0.29) is 24.5 Å². The van der Waals surface area contributed by atoms with E-state index >= 15 is 0 Å². The van der Waals surface area contributed by atoms with Crippen LogP contribution in [0, 0.1) is 11.8 Å². The lowest BCUT2D eigenvalue weighted by Gasteiger charge is -2.29. The first-order valence-electron chi connectivity index (χ1n) is 5.66. The van der Waals surface area contributed by atoms with Gasteiger partial charge in [-0.3, -0.25) is 4.79 Å². The molecule has 1 aliphatic heterocycles. The first-order chi connectivity index (χ1) is 6.99. The Balaban J connectivity index is 2.67. The number of hydrogen-bond donors (Lipinski definition) is 2. The third kappa shape index (κ3) is 2.49. The van der Waals surface area contributed by atoms with Crippen LogP contribution in [0.1, 0.15) is 27.2 Å². The van der Waals surface area contributed by atoms with Crippen LogP contribution in [0.25, 0.3) is 0 Å². The second-order valence-corrected chi connectivity index (χ2v) is 4.82. The number of nitrogens with zero attached hydrogens (tertiary/aromatic N) is 1. The Bertz CT molecular complexity index is 231. The van der Waals surface area contributed by atoms with Gasteiger partial charge in [-0.1, -0.05) is 20.8 Å². The van der Waals surface area contributed by atoms with Crippen molar-refractivity contribution in [2.45, 2.75) is 39.3 Å². The molecule has 0 saturated carbocycles. The molecular weight excluding hydrogens is 192 g/mol. The predicted molar refractivity (Wildman–Crippen MR) is 59.2 cm³/mol. The zero-order valence-corrected chi connectivity index (χ0v) is 9.81. The van der Waals surface area contributed by atoms with E-state index in [0.717, 1.165) is 13.0 Å². The molecule has 88 valence electrons. The van der Waals surface area contributed by atoms with Crippen molar-refractivity contribution >= 4 is 5.91 Å². The van der Waals surface area contributed by atoms with Gasteiger partial charge in [0.25, 0.3) is 0 Å². The van der Waals surface area contributed by atoms with Gasteiger partial charge in [0, 0.05) is 6.54 Å². The van der Waals surface area contributed by atoms with Crippen LogP contribution < -0.4 is 5.73 Å². The fourth-order valence-corrected chi connectivity index (χ4v) is 2.04. The van der Waals surface area contributed by atoms with Crippen LogP contribution in [0.2, 0.25) is 0 Å². The Morgan fingerprint density at radius 1 is 1.60 bits per heavy atom. The Labute approximate surface area is 91.4 Å². The highest BCUT2D eigenvalue weighted by atomic mass is 16.3. The molecule has 1 heterocycles. The van der Waals surface area contributed by atoms with E-state index in [0.29, 0.717) is 5.92 Å². The lowest BCUT2D eigenvalue weighted by atomic mass is 10.0. The third-order valence-electron chi connectivity index (χ3n) is 3.36. The number of carbonyl (C=O) groups excluding carboxylic acids is 1. The molecule has 0 radical (unpaired) electrons. The Kier molecular flexibility index (Phi) is 4.11. The molecule has 1 amide bonds. The smallest absolute Gasteiger partial charge is 0.240 e. The molecule has 15 heavy (non-hydrogen) atoms. The fraction of sp³-hybridized carbons (Fsp3) is 0.909. The van der Waals surface area contributed by atoms with Crippen LogP contribution in [-0.4, -0.2) is 41.1 Å². The van der Waals surface area contributed by atoms with E-state index in [9.17, 15) is 9.90 Å². The van der Waals surface area contributed by atoms with Crippen molar-refractivity contribution in [3.8, 4) is 0 Å². The van der Waals surface area contributed by atoms with Gasteiger partial charge in [0.1, 0.15) is 0 Å². The molecule has 0 aliphatic carbocycles. The van der Waals surface area contributed by atoms with Gasteiger partial charge in [0.05, 0.1) is 18.7 Å². The summed E-state index contributed by atoms with van der Waals surface area (Å²) >= 11 is 0. The maximum absolute atomic E-state index is 12.0. The van der Waals surface area contributed by atoms with Gasteiger partial charge in [0.2, 0.25) is 5.91 Å². The minimum absolute atomic E-state index is 0.0200. The van der Waals surface area contributed by atoms with Crippen LogP contribution in [0.4, 0.5) is 0 Å². The maximum atomic E-state index is 12.0. The minimum Gasteiger partial charge on any atom is -0.394 e. The van der Waals surface area contributed by atoms with Crippen molar-refractivity contribution in [2.75, 3.05) is 13.2 Å². The molecule has 4 nitrogen and oxygen atoms in total. The molecule has 4 heteroatoms. The molecule has 0 aromatic heterocycles. The lowest BCUT2D eigenvalue weighted by molar-refractivity contribution is -0.135. The molecule has 3 atom stereocenters. The van der Waals surface area contributed by atoms with Crippen LogP contribution in [0.15, 0.2) is 0 Å². The molecule has 1 rings (SSSR count). The zero-order chi connectivity index (χ0) is 11.6. The van der Waals surface area contributed by atoms with Crippen LogP contribution in [0.5, 0.6) is 0 Å². The molecule has 0 spiro atoms. The SMILES string of the molecule is CC1CCN(C(=O)[C@H](N)C(C)C)C1CO. The molecular formula is C11H22N2O2. The fourth-order valence-electron chi connectivity index (χ4n) is 2.04. The first kappa shape index (κ1) is 12.5. The first-order valence-corrected chi connectivity index (χ1v) is 5.66. The number of carbonyl (C=O) groups is 1. The molecule has 1 saturated heterocycles. The summed E-state index contributed by atoms with van der Waals surface area (Å²) in [6.07, 6.45) is 0.960. The van der Waals surface area contributed by atoms with Crippen molar-refractivity contribution < 1.29 is 9.90 Å². The summed E-state index contributed by atoms with van der Waals surface area (Å²) in [5.74, 6) is 0.500. The lowest BCUT2D eigenvalue weighted by Crippen LogP contribution is -2.50. The number of aliphatic hydroxyl groups is 1. The predicted octanol–water partition coefficient (Wildman–Crippen LogP) is 0.199. The molecule has 1 fully saturated rings. The van der Waals surface area contributed by atoms with Gasteiger partial charge in [-0.05, 0) is 18.3 Å². The highest BCUT2D eigenvalue weighted by Crippen LogP contribution is 2.24. The Morgan fingerprint density at radius 2 is 2.20 bits per heavy atom. The molecule has 0 bridgehead atoms. The summed E-state index contributed by atoms with van der Waals surface area (Å²) in [4.78, 5) is 13.7. The van der Waals surface area contributed by atoms with Crippen LogP contribution in [-0.2, 0) is 4.79 Å². The van der Waals surface area contributed by atoms with E-state index in [1.165, 1.54) is 0 Å². The number of rotatable bonds is 3. The van der Waals surface area contributed by atoms with Crippen molar-refractivity contribution in [3.63, 3.8) is 0 Å². The number of nitrogens with two attached hydrogens (primary N) is 1. The maximum Gasteiger partial charge on any atom is 0.240 e. The average molecular weight is 214 g/mol. The summed E-state index contributed by atoms with van der Waals surface area (Å²) < 4.78 is 0. The van der Waals surface area contributed by atoms with Gasteiger partial charge in [0.15, 0.2) is 0 Å². The standard InChI is InChI=1S/C11H22N2O2/c1-7(2)10(12)11(15)13-5-4-8(3)9(13)6-14/h7-10,14H,4-6,12H2,1-3H3/t8?,9?,10-/m1/s1. The molecule has 3 N–H and O–H groups in total. The highest BCUT2D eigenvalue weighted by molar-refractivity contribution is 5.82. The van der Waals surface area contributed by atoms with Gasteiger partial charge >= 0.3 is 0 Å². The summed E-state index contributed by atoms with van der Waals surface area (Å²) in [6, 6.07) is -0.480. The average Bonchev–Trinajstić information content (AvgIpc) is 2.57. The van der Waals surface area contributed by atoms with E-state index < -0.39 is 6.04 Å². The van der Waals surface area contributed by atoms with Crippen molar-refractivity contribution in [2.24, 2.45) is 17.6 Å². The number of amides is 1. The van der Waals surface area contributed by atoms with E-state index in [1.54, 1.807) is 4.90 Å². The molecule has 2 unspecified atom stereocenters. The van der Waals surface area contributed by atoms with Crippen LogP contribution in [0.3, 0.4) is 0 Å². The number of likely N-dealkylation sites (tertiary alicyclic amines) is 1. The number of hydrogen-bond acceptors (Lipinski definition) is 3. The van der Waals surface area contributed by atoms with Crippen molar-refractivity contribution in [1.82, 2.24) is 4.90 Å². The second-order valence-electron chi connectivity index (χ2n) is 4.82. The molecule has 0 aromatic carbocycles. The highest BCUT2D eigenvalue weighted by Gasteiger charge is 2.36. The van der Waals surface area contributed by atoms with Gasteiger partial charge in [-0.25, -0.2) is 0 Å². The van der Waals surface area contributed by atoms with Gasteiger partial charge < -0.3 is 15.7 Å². The van der Waals surface area contributed by atoms with Gasteiger partial charge in [-0.15, -0.1) is 0 Å².